The Morgan fingerprint density at radius 2 is 1.45 bits per heavy atom. The van der Waals surface area contributed by atoms with Crippen molar-refractivity contribution in [2.75, 3.05) is 81.4 Å². The number of sulfone groups is 1. The van der Waals surface area contributed by atoms with Crippen LogP contribution < -0.4 is 20.7 Å². The topological polar surface area (TPSA) is 183 Å². The van der Waals surface area contributed by atoms with Gasteiger partial charge in [0.1, 0.15) is 4.90 Å². The molecule has 3 aromatic carbocycles. The van der Waals surface area contributed by atoms with Gasteiger partial charge in [0.15, 0.2) is 0 Å². The molecule has 4 N–H and O–H groups in total. The molecule has 2 heterocycles. The second-order valence-corrected chi connectivity index (χ2v) is 27.7. The molecule has 20 heteroatoms. The van der Waals surface area contributed by atoms with Crippen molar-refractivity contribution in [3.8, 4) is 0 Å². The highest BCUT2D eigenvalue weighted by Gasteiger charge is 2.48. The van der Waals surface area contributed by atoms with Gasteiger partial charge in [0.05, 0.1) is 10.6 Å². The first-order chi connectivity index (χ1) is 37.0. The van der Waals surface area contributed by atoms with Crippen molar-refractivity contribution in [2.45, 2.75) is 144 Å². The summed E-state index contributed by atoms with van der Waals surface area (Å²) in [5.74, 6) is 1.29. The SMILES string of the molecule is CC(CC(C)C1CC1)C1=C(CN2CCN(c3ccc(C(=O)NS(=O)(=O)c4ccc(NC(CCN5CCN(C(=O)CCCCCCCC(N)=O)CC5)CSc5ccccc5)c(S(=O)(=O)C(F)(F)F)c4)cc3)CC2)CCC(C)(C)C1. The number of hydrogen-bond acceptors (Lipinski definition) is 12. The van der Waals surface area contributed by atoms with Crippen LogP contribution in [-0.4, -0.2) is 132 Å². The molecule has 430 valence electrons. The van der Waals surface area contributed by atoms with Crippen molar-refractivity contribution < 1.29 is 44.4 Å². The van der Waals surface area contributed by atoms with E-state index in [2.05, 4.69) is 47.7 Å². The summed E-state index contributed by atoms with van der Waals surface area (Å²) in [6, 6.07) is 17.7. The van der Waals surface area contributed by atoms with Crippen LogP contribution in [0.15, 0.2) is 98.6 Å². The quantitative estimate of drug-likeness (QED) is 0.0374. The molecule has 3 amide bonds. The van der Waals surface area contributed by atoms with Gasteiger partial charge < -0.3 is 20.9 Å². The monoisotopic (exact) mass is 1140 g/mol. The molecule has 0 spiro atoms. The molecule has 4 aliphatic rings. The highest BCUT2D eigenvalue weighted by Crippen LogP contribution is 2.46. The number of anilines is 2. The van der Waals surface area contributed by atoms with Crippen molar-refractivity contribution in [2.24, 2.45) is 28.9 Å². The van der Waals surface area contributed by atoms with Crippen molar-refractivity contribution in [3.05, 3.63) is 89.5 Å². The van der Waals surface area contributed by atoms with Gasteiger partial charge in [0.25, 0.3) is 25.8 Å². The number of nitrogens with one attached hydrogen (secondary N) is 2. The number of benzene rings is 3. The molecule has 2 aliphatic carbocycles. The lowest BCUT2D eigenvalue weighted by atomic mass is 9.70. The van der Waals surface area contributed by atoms with Crippen LogP contribution in [0.4, 0.5) is 24.5 Å². The number of amides is 3. The molecule has 78 heavy (non-hydrogen) atoms. The fourth-order valence-electron chi connectivity index (χ4n) is 11.2. The Morgan fingerprint density at radius 1 is 0.808 bits per heavy atom. The number of thioether (sulfide) groups is 1. The lowest BCUT2D eigenvalue weighted by Gasteiger charge is -2.40. The van der Waals surface area contributed by atoms with Crippen LogP contribution in [0.25, 0.3) is 0 Å². The maximum atomic E-state index is 14.4. The minimum absolute atomic E-state index is 0.000428. The predicted octanol–water partition coefficient (Wildman–Crippen LogP) is 10.1. The molecule has 3 aromatic rings. The predicted molar refractivity (Wildman–Crippen MR) is 303 cm³/mol. The Labute approximate surface area is 465 Å². The fourth-order valence-corrected chi connectivity index (χ4v) is 14.2. The lowest BCUT2D eigenvalue weighted by molar-refractivity contribution is -0.133. The number of rotatable bonds is 27. The van der Waals surface area contributed by atoms with E-state index in [0.717, 1.165) is 112 Å². The van der Waals surface area contributed by atoms with Gasteiger partial charge in [0.2, 0.25) is 11.8 Å². The third kappa shape index (κ3) is 17.4. The van der Waals surface area contributed by atoms with Crippen molar-refractivity contribution in [1.29, 1.82) is 0 Å². The summed E-state index contributed by atoms with van der Waals surface area (Å²) in [6.07, 6.45) is 12.8. The van der Waals surface area contributed by atoms with E-state index in [1.165, 1.54) is 49.6 Å². The molecule has 2 aliphatic heterocycles. The largest absolute Gasteiger partial charge is 0.501 e. The highest BCUT2D eigenvalue weighted by molar-refractivity contribution is 7.99. The van der Waals surface area contributed by atoms with Crippen LogP contribution in [0.3, 0.4) is 0 Å². The third-order valence-electron chi connectivity index (χ3n) is 16.2. The number of halogens is 3. The highest BCUT2D eigenvalue weighted by atomic mass is 32.2. The summed E-state index contributed by atoms with van der Waals surface area (Å²) in [5.41, 5.74) is 3.45. The van der Waals surface area contributed by atoms with Gasteiger partial charge in [-0.2, -0.15) is 13.2 Å². The molecular weight excluding hydrogens is 1060 g/mol. The molecule has 7 rings (SSSR count). The standard InChI is InChI=1S/C58H82F3N7O7S3/c1-42(44-17-18-44)37-43(2)51-39-57(3,4)27-25-46(51)40-66-31-33-67(34-32-66)48-21-19-45(20-22-48)56(71)64-78(74,75)50-23-24-52(53(38-50)77(72,73)58(59,60)61)63-47(41-76-49-13-9-8-10-14-49)26-28-65-29-35-68(36-30-65)55(70)16-12-7-5-6-11-15-54(62)69/h8-10,13-14,19-24,38,42-44,47,63H,5-7,11-12,15-18,25-37,39-41H2,1-4H3,(H2,62,69)(H,64,71). The maximum absolute atomic E-state index is 14.4. The minimum Gasteiger partial charge on any atom is -0.380 e. The van der Waals surface area contributed by atoms with Gasteiger partial charge in [-0.05, 0) is 136 Å². The van der Waals surface area contributed by atoms with Gasteiger partial charge in [-0.25, -0.2) is 21.6 Å². The van der Waals surface area contributed by atoms with Crippen LogP contribution >= 0.6 is 11.8 Å². The van der Waals surface area contributed by atoms with E-state index in [9.17, 15) is 44.4 Å². The number of primary amides is 1. The van der Waals surface area contributed by atoms with Crippen LogP contribution in [0.1, 0.15) is 128 Å². The average molecular weight is 1140 g/mol. The molecule has 0 radical (unpaired) electrons. The van der Waals surface area contributed by atoms with Crippen LogP contribution in [-0.2, 0) is 29.4 Å². The second kappa shape index (κ2) is 27.2. The zero-order chi connectivity index (χ0) is 56.3. The summed E-state index contributed by atoms with van der Waals surface area (Å²) in [4.78, 5) is 44.9. The molecule has 0 aromatic heterocycles. The number of sulfonamides is 1. The lowest BCUT2D eigenvalue weighted by Crippen LogP contribution is -2.49. The van der Waals surface area contributed by atoms with Gasteiger partial charge in [-0.1, -0.05) is 76.3 Å². The van der Waals surface area contributed by atoms with Crippen LogP contribution in [0.2, 0.25) is 0 Å². The van der Waals surface area contributed by atoms with Crippen LogP contribution in [0, 0.1) is 23.2 Å². The number of nitrogens with zero attached hydrogens (tertiary/aromatic N) is 4. The fraction of sp³-hybridized carbons (Fsp3) is 0.603. The number of unbranched alkanes of at least 4 members (excludes halogenated alkanes) is 4. The van der Waals surface area contributed by atoms with E-state index < -0.39 is 52.8 Å². The Bertz CT molecular complexity index is 2760. The van der Waals surface area contributed by atoms with Crippen molar-refractivity contribution in [3.63, 3.8) is 0 Å². The first-order valence-corrected chi connectivity index (χ1v) is 32.0. The van der Waals surface area contributed by atoms with E-state index in [-0.39, 0.29) is 17.4 Å². The van der Waals surface area contributed by atoms with Crippen LogP contribution in [0.5, 0.6) is 0 Å². The summed E-state index contributed by atoms with van der Waals surface area (Å²) in [5, 5.41) is 3.02. The van der Waals surface area contributed by atoms with Crippen molar-refractivity contribution in [1.82, 2.24) is 19.4 Å². The summed E-state index contributed by atoms with van der Waals surface area (Å²) >= 11 is 1.43. The molecule has 3 unspecified atom stereocenters. The minimum atomic E-state index is -6.11. The van der Waals surface area contributed by atoms with E-state index in [0.29, 0.717) is 75.1 Å². The molecule has 3 atom stereocenters. The number of carbonyl (C=O) groups excluding carboxylic acids is 3. The number of allylic oxidation sites excluding steroid dienone is 1. The molecular formula is C58H82F3N7O7S3. The number of nitrogens with two attached hydrogens (primary N) is 1. The van der Waals surface area contributed by atoms with Gasteiger partial charge in [0, 0.05) is 106 Å². The zero-order valence-electron chi connectivity index (χ0n) is 46.0. The number of hydrogen-bond donors (Lipinski definition) is 3. The number of alkyl halides is 3. The summed E-state index contributed by atoms with van der Waals surface area (Å²) in [6.45, 7) is 16.5. The van der Waals surface area contributed by atoms with Gasteiger partial charge >= 0.3 is 5.51 Å². The Kier molecular flexibility index (Phi) is 21.3. The Balaban J connectivity index is 0.963. The average Bonchev–Trinajstić information content (AvgIpc) is 4.27. The van der Waals surface area contributed by atoms with Gasteiger partial charge in [-0.15, -0.1) is 11.8 Å². The molecule has 0 bridgehead atoms. The molecule has 1 saturated carbocycles. The number of piperazine rings is 2. The maximum Gasteiger partial charge on any atom is 0.501 e. The smallest absolute Gasteiger partial charge is 0.380 e. The second-order valence-electron chi connectivity index (χ2n) is 23.0. The summed E-state index contributed by atoms with van der Waals surface area (Å²) in [7, 11) is -11.0. The van der Waals surface area contributed by atoms with E-state index in [4.69, 9.17) is 5.73 Å². The zero-order valence-corrected chi connectivity index (χ0v) is 48.4. The van der Waals surface area contributed by atoms with E-state index >= 15 is 0 Å². The molecule has 14 nitrogen and oxygen atoms in total. The normalized spacial score (nSPS) is 19.1. The number of carbonyl (C=O) groups is 3. The first-order valence-electron chi connectivity index (χ1n) is 28.0. The third-order valence-corrected chi connectivity index (χ3v) is 20.3. The Hall–Kier alpha value is -4.63. The van der Waals surface area contributed by atoms with Crippen molar-refractivity contribution >= 4 is 60.7 Å². The van der Waals surface area contributed by atoms with Gasteiger partial charge in [-0.3, -0.25) is 24.2 Å². The van der Waals surface area contributed by atoms with E-state index in [1.54, 1.807) is 23.3 Å². The molecule has 2 saturated heterocycles. The molecule has 3 fully saturated rings. The Morgan fingerprint density at radius 3 is 2.09 bits per heavy atom. The summed E-state index contributed by atoms with van der Waals surface area (Å²) < 4.78 is 99.2. The van der Waals surface area contributed by atoms with E-state index in [1.807, 2.05) is 40.0 Å². The first kappa shape index (κ1) is 61.0.